The third-order valence-corrected chi connectivity index (χ3v) is 2.01. The van der Waals surface area contributed by atoms with Crippen molar-refractivity contribution >= 4 is 22.9 Å². The average molecular weight is 236 g/mol. The molecule has 0 aliphatic rings. The van der Waals surface area contributed by atoms with Gasteiger partial charge in [0, 0.05) is 6.20 Å². The van der Waals surface area contributed by atoms with Crippen LogP contribution in [0.15, 0.2) is 41.2 Å². The number of halogens is 1. The zero-order valence-electron chi connectivity index (χ0n) is 7.68. The van der Waals surface area contributed by atoms with E-state index in [4.69, 9.17) is 11.6 Å². The van der Waals surface area contributed by atoms with Crippen molar-refractivity contribution in [2.45, 2.75) is 0 Å². The summed E-state index contributed by atoms with van der Waals surface area (Å²) in [6.07, 6.45) is 1.66. The van der Waals surface area contributed by atoms with E-state index >= 15 is 0 Å². The standard InChI is InChI=1S/C5H4ClN.C4H4OS.Na/c6-5-3-1-2-4-7-5;5-4-1-2-6-3-4;/h1-4H;1-3,5H;/q;;+1/p-1. The van der Waals surface area contributed by atoms with Crippen LogP contribution in [0, 0.1) is 0 Å². The number of hydrogen-bond acceptors (Lipinski definition) is 3. The molecule has 0 atom stereocenters. The van der Waals surface area contributed by atoms with E-state index in [2.05, 4.69) is 4.98 Å². The summed E-state index contributed by atoms with van der Waals surface area (Å²) in [7, 11) is 0. The van der Waals surface area contributed by atoms with Gasteiger partial charge in [0.15, 0.2) is 0 Å². The van der Waals surface area contributed by atoms with Crippen molar-refractivity contribution in [3.8, 4) is 5.75 Å². The Morgan fingerprint density at radius 3 is 2.29 bits per heavy atom. The predicted octanol–water partition coefficient (Wildman–Crippen LogP) is -0.439. The second kappa shape index (κ2) is 8.26. The van der Waals surface area contributed by atoms with Crippen LogP contribution in [0.3, 0.4) is 0 Å². The van der Waals surface area contributed by atoms with Crippen molar-refractivity contribution in [1.82, 2.24) is 4.98 Å². The first kappa shape index (κ1) is 13.9. The van der Waals surface area contributed by atoms with Crippen LogP contribution in [0.25, 0.3) is 0 Å². The molecule has 2 heterocycles. The molecule has 0 saturated heterocycles. The summed E-state index contributed by atoms with van der Waals surface area (Å²) in [5.41, 5.74) is 0. The zero-order valence-corrected chi connectivity index (χ0v) is 11.3. The van der Waals surface area contributed by atoms with Crippen molar-refractivity contribution in [2.75, 3.05) is 0 Å². The van der Waals surface area contributed by atoms with Gasteiger partial charge < -0.3 is 5.11 Å². The van der Waals surface area contributed by atoms with E-state index in [0.29, 0.717) is 5.15 Å². The Kier molecular flexibility index (Phi) is 8.23. The van der Waals surface area contributed by atoms with E-state index in [0.717, 1.165) is 0 Å². The Morgan fingerprint density at radius 2 is 2.07 bits per heavy atom. The Bertz CT molecular complexity index is 328. The van der Waals surface area contributed by atoms with Crippen molar-refractivity contribution < 1.29 is 34.7 Å². The second-order valence-corrected chi connectivity index (χ2v) is 3.28. The molecule has 2 aromatic heterocycles. The van der Waals surface area contributed by atoms with Gasteiger partial charge in [0.1, 0.15) is 5.15 Å². The van der Waals surface area contributed by atoms with E-state index in [9.17, 15) is 5.11 Å². The molecule has 0 fully saturated rings. The Balaban J connectivity index is 0.000000227. The summed E-state index contributed by atoms with van der Waals surface area (Å²) >= 11 is 6.86. The first-order valence-electron chi connectivity index (χ1n) is 3.55. The fourth-order valence-electron chi connectivity index (χ4n) is 0.594. The quantitative estimate of drug-likeness (QED) is 0.459. The number of nitrogens with zero attached hydrogens (tertiary/aromatic N) is 1. The minimum absolute atomic E-state index is 0. The van der Waals surface area contributed by atoms with Gasteiger partial charge in [-0.05, 0) is 22.9 Å². The maximum atomic E-state index is 10.1. The van der Waals surface area contributed by atoms with E-state index in [1.807, 2.05) is 12.1 Å². The molecule has 0 aliphatic heterocycles. The minimum atomic E-state index is 0. The van der Waals surface area contributed by atoms with E-state index in [1.165, 1.54) is 11.3 Å². The molecule has 0 radical (unpaired) electrons. The van der Waals surface area contributed by atoms with Gasteiger partial charge in [0.25, 0.3) is 0 Å². The molecular weight excluding hydrogens is 229 g/mol. The summed E-state index contributed by atoms with van der Waals surface area (Å²) in [6, 6.07) is 6.95. The molecule has 0 amide bonds. The van der Waals surface area contributed by atoms with Crippen LogP contribution >= 0.6 is 22.9 Å². The summed E-state index contributed by atoms with van der Waals surface area (Å²) in [5.74, 6) is 0.111. The van der Waals surface area contributed by atoms with Gasteiger partial charge in [-0.25, -0.2) is 4.98 Å². The Morgan fingerprint density at radius 1 is 1.29 bits per heavy atom. The summed E-state index contributed by atoms with van der Waals surface area (Å²) in [4.78, 5) is 3.74. The van der Waals surface area contributed by atoms with Gasteiger partial charge in [-0.1, -0.05) is 29.5 Å². The van der Waals surface area contributed by atoms with Crippen LogP contribution in [0.1, 0.15) is 0 Å². The number of pyridine rings is 1. The van der Waals surface area contributed by atoms with Gasteiger partial charge in [0.2, 0.25) is 0 Å². The first-order chi connectivity index (χ1) is 6.29. The monoisotopic (exact) mass is 235 g/mol. The van der Waals surface area contributed by atoms with E-state index < -0.39 is 0 Å². The van der Waals surface area contributed by atoms with Gasteiger partial charge in [-0.3, -0.25) is 0 Å². The smallest absolute Gasteiger partial charge is 0.872 e. The molecule has 0 bridgehead atoms. The van der Waals surface area contributed by atoms with Gasteiger partial charge in [-0.2, -0.15) is 11.3 Å². The summed E-state index contributed by atoms with van der Waals surface area (Å²) < 4.78 is 0. The maximum absolute atomic E-state index is 10.1. The largest absolute Gasteiger partial charge is 1.00 e. The van der Waals surface area contributed by atoms with E-state index in [1.54, 1.807) is 29.1 Å². The molecule has 14 heavy (non-hydrogen) atoms. The third-order valence-electron chi connectivity index (χ3n) is 1.12. The molecule has 2 nitrogen and oxygen atoms in total. The first-order valence-corrected chi connectivity index (χ1v) is 4.87. The third kappa shape index (κ3) is 6.40. The second-order valence-electron chi connectivity index (χ2n) is 2.11. The van der Waals surface area contributed by atoms with Crippen LogP contribution in [-0.2, 0) is 0 Å². The molecule has 0 unspecified atom stereocenters. The maximum Gasteiger partial charge on any atom is 1.00 e. The molecule has 0 aromatic carbocycles. The van der Waals surface area contributed by atoms with Crippen molar-refractivity contribution in [3.63, 3.8) is 0 Å². The average Bonchev–Trinajstić information content (AvgIpc) is 2.58. The van der Waals surface area contributed by atoms with Gasteiger partial charge in [-0.15, -0.1) is 0 Å². The molecule has 0 spiro atoms. The number of thiophene rings is 1. The number of hydrogen-bond donors (Lipinski definition) is 0. The normalized spacial score (nSPS) is 8.07. The van der Waals surface area contributed by atoms with Crippen LogP contribution in [0.4, 0.5) is 0 Å². The van der Waals surface area contributed by atoms with Crippen LogP contribution in [0.2, 0.25) is 5.15 Å². The fourth-order valence-corrected chi connectivity index (χ4v) is 1.23. The molecule has 5 heteroatoms. The van der Waals surface area contributed by atoms with Crippen LogP contribution < -0.4 is 34.7 Å². The van der Waals surface area contributed by atoms with Crippen LogP contribution in [0.5, 0.6) is 5.75 Å². The zero-order chi connectivity index (χ0) is 9.52. The van der Waals surface area contributed by atoms with Crippen LogP contribution in [-0.4, -0.2) is 4.98 Å². The van der Waals surface area contributed by atoms with Crippen molar-refractivity contribution in [1.29, 1.82) is 0 Å². The Hall–Kier alpha value is -0.0600. The number of rotatable bonds is 0. The van der Waals surface area contributed by atoms with Crippen molar-refractivity contribution in [2.24, 2.45) is 0 Å². The molecule has 2 rings (SSSR count). The minimum Gasteiger partial charge on any atom is -0.872 e. The summed E-state index contributed by atoms with van der Waals surface area (Å²) in [6.45, 7) is 0. The molecule has 0 aliphatic carbocycles. The molecule has 0 saturated carbocycles. The number of aromatic nitrogens is 1. The van der Waals surface area contributed by atoms with Crippen molar-refractivity contribution in [3.05, 3.63) is 46.4 Å². The molecule has 0 N–H and O–H groups in total. The van der Waals surface area contributed by atoms with Gasteiger partial charge >= 0.3 is 29.6 Å². The fraction of sp³-hybridized carbons (Fsp3) is 0. The molecule has 2 aromatic rings. The predicted molar refractivity (Wildman–Crippen MR) is 53.0 cm³/mol. The SMILES string of the molecule is Clc1ccccn1.[Na+].[O-]c1ccsc1. The molecule has 68 valence electrons. The van der Waals surface area contributed by atoms with Gasteiger partial charge in [0.05, 0.1) is 0 Å². The molecular formula is C9H7ClNNaOS. The Labute approximate surface area is 114 Å². The summed E-state index contributed by atoms with van der Waals surface area (Å²) in [5, 5.41) is 14.0. The van der Waals surface area contributed by atoms with E-state index in [-0.39, 0.29) is 35.3 Å². The topological polar surface area (TPSA) is 36.0 Å².